The van der Waals surface area contributed by atoms with Crippen LogP contribution in [-0.2, 0) is 21.4 Å². The number of carbonyl (C=O) groups excluding carboxylic acids is 2. The maximum Gasteiger partial charge on any atom is 0.460 e. The van der Waals surface area contributed by atoms with E-state index < -0.39 is 48.6 Å². The van der Waals surface area contributed by atoms with E-state index in [9.17, 15) is 44.7 Å². The highest BCUT2D eigenvalue weighted by molar-refractivity contribution is 5.89. The van der Waals surface area contributed by atoms with Crippen molar-refractivity contribution in [3.8, 4) is 0 Å². The molecule has 2 aromatic carbocycles. The molecule has 2 N–H and O–H groups in total. The summed E-state index contributed by atoms with van der Waals surface area (Å²) in [4.78, 5) is 24.6. The Morgan fingerprint density at radius 3 is 2.15 bits per heavy atom. The van der Waals surface area contributed by atoms with Crippen LogP contribution in [0.5, 0.6) is 0 Å². The molecule has 1 atom stereocenters. The molecule has 0 aromatic heterocycles. The van der Waals surface area contributed by atoms with Crippen LogP contribution in [0.15, 0.2) is 91.0 Å². The Hall–Kier alpha value is -4.36. The van der Waals surface area contributed by atoms with Crippen LogP contribution in [0.4, 0.5) is 39.9 Å². The van der Waals surface area contributed by atoms with E-state index in [0.717, 1.165) is 7.11 Å². The summed E-state index contributed by atoms with van der Waals surface area (Å²) in [6.45, 7) is 2.03. The van der Waals surface area contributed by atoms with Crippen molar-refractivity contribution in [1.29, 1.82) is 0 Å². The molecule has 222 valence electrons. The number of ether oxygens (including phenoxy) is 2. The lowest BCUT2D eigenvalue weighted by atomic mass is 9.77. The molecule has 6 nitrogen and oxygen atoms in total. The van der Waals surface area contributed by atoms with Crippen LogP contribution in [0.3, 0.4) is 0 Å². The van der Waals surface area contributed by atoms with Crippen molar-refractivity contribution in [1.82, 2.24) is 10.6 Å². The van der Waals surface area contributed by atoms with Crippen molar-refractivity contribution < 1.29 is 54.2 Å². The van der Waals surface area contributed by atoms with Crippen LogP contribution in [0, 0.1) is 0 Å². The first-order valence-electron chi connectivity index (χ1n) is 11.5. The number of esters is 1. The number of amides is 2. The third kappa shape index (κ3) is 9.65. The second-order valence-electron chi connectivity index (χ2n) is 8.40. The van der Waals surface area contributed by atoms with Gasteiger partial charge in [-0.15, -0.1) is 0 Å². The third-order valence-electron chi connectivity index (χ3n) is 5.45. The van der Waals surface area contributed by atoms with Crippen molar-refractivity contribution in [3.05, 3.63) is 108 Å². The molecule has 0 saturated heterocycles. The normalized spacial score (nSPS) is 14.0. The van der Waals surface area contributed by atoms with Crippen LogP contribution < -0.4 is 10.6 Å². The van der Waals surface area contributed by atoms with Gasteiger partial charge in [-0.2, -0.15) is 30.7 Å². The molecule has 14 heteroatoms. The molecule has 0 aliphatic carbocycles. The van der Waals surface area contributed by atoms with Crippen LogP contribution in [-0.4, -0.2) is 44.4 Å². The zero-order chi connectivity index (χ0) is 30.8. The second-order valence-corrected chi connectivity index (χ2v) is 8.40. The molecule has 0 saturated carbocycles. The number of hydrogen-bond donors (Lipinski definition) is 2. The molecule has 2 rings (SSSR count). The summed E-state index contributed by atoms with van der Waals surface area (Å²) >= 11 is 0. The van der Waals surface area contributed by atoms with Gasteiger partial charge in [-0.25, -0.2) is 14.0 Å². The summed E-state index contributed by atoms with van der Waals surface area (Å²) in [5.41, 5.74) is -1.53. The fraction of sp³-hybridized carbons (Fsp3) is 0.259. The molecule has 2 amide bonds. The Balaban J connectivity index is 2.61. The fourth-order valence-corrected chi connectivity index (χ4v) is 3.51. The highest BCUT2D eigenvalue weighted by Gasteiger charge is 2.43. The SMILES string of the molecule is C=C(/C=C(F)\C=C\OC(F)(F)C(F)F)[C@](Cc1ccccc1)(NC(=O)NCC(F)(F)F)c1ccc(C(=O)OC)cc1. The number of halogens is 8. The first kappa shape index (κ1) is 32.8. The van der Waals surface area contributed by atoms with Crippen molar-refractivity contribution in [2.75, 3.05) is 13.7 Å². The average Bonchev–Trinajstić information content (AvgIpc) is 2.91. The number of carbonyl (C=O) groups is 2. The van der Waals surface area contributed by atoms with Crippen LogP contribution in [0.1, 0.15) is 21.5 Å². The summed E-state index contributed by atoms with van der Waals surface area (Å²) in [5.74, 6) is -2.07. The number of benzene rings is 2. The number of alkyl halides is 7. The molecule has 0 aliphatic heterocycles. The minimum absolute atomic E-state index is 0.0151. The summed E-state index contributed by atoms with van der Waals surface area (Å²) in [6, 6.07) is 12.0. The number of methoxy groups -OCH3 is 1. The van der Waals surface area contributed by atoms with E-state index in [1.165, 1.54) is 24.3 Å². The van der Waals surface area contributed by atoms with Gasteiger partial charge in [0.1, 0.15) is 12.4 Å². The summed E-state index contributed by atoms with van der Waals surface area (Å²) in [6.07, 6.45) is -13.2. The van der Waals surface area contributed by atoms with Gasteiger partial charge in [0, 0.05) is 12.5 Å². The Kier molecular flexibility index (Phi) is 11.1. The first-order valence-corrected chi connectivity index (χ1v) is 11.5. The number of rotatable bonds is 12. The topological polar surface area (TPSA) is 76.7 Å². The highest BCUT2D eigenvalue weighted by atomic mass is 19.4. The lowest BCUT2D eigenvalue weighted by Gasteiger charge is -2.37. The summed E-state index contributed by atoms with van der Waals surface area (Å²) in [5, 5.41) is 4.03. The maximum atomic E-state index is 14.7. The van der Waals surface area contributed by atoms with Crippen LogP contribution in [0.25, 0.3) is 0 Å². The summed E-state index contributed by atoms with van der Waals surface area (Å²) in [7, 11) is 1.13. The Morgan fingerprint density at radius 2 is 1.61 bits per heavy atom. The smallest absolute Gasteiger partial charge is 0.460 e. The van der Waals surface area contributed by atoms with Gasteiger partial charge in [0.2, 0.25) is 0 Å². The molecule has 0 aliphatic rings. The molecular weight excluding hydrogens is 568 g/mol. The fourth-order valence-electron chi connectivity index (χ4n) is 3.51. The van der Waals surface area contributed by atoms with Crippen LogP contribution in [0.2, 0.25) is 0 Å². The van der Waals surface area contributed by atoms with Gasteiger partial charge in [-0.3, -0.25) is 0 Å². The van der Waals surface area contributed by atoms with Gasteiger partial charge >= 0.3 is 30.7 Å². The molecule has 41 heavy (non-hydrogen) atoms. The Bertz CT molecular complexity index is 1260. The lowest BCUT2D eigenvalue weighted by Crippen LogP contribution is -2.53. The predicted molar refractivity (Wildman–Crippen MR) is 132 cm³/mol. The molecule has 0 bridgehead atoms. The first-order chi connectivity index (χ1) is 19.1. The summed E-state index contributed by atoms with van der Waals surface area (Å²) < 4.78 is 112. The Morgan fingerprint density at radius 1 is 1.00 bits per heavy atom. The standard InChI is InChI=1S/C27H24F8N2O4/c1-17(14-21(28)12-13-41-27(34,35)23(29)30)25(15-18-6-4-3-5-7-18,37-24(39)36-16-26(31,32)33)20-10-8-19(9-11-20)22(38)40-2/h3-14,23H,1,15-16H2,2H3,(H2,36,37,39)/b13-12+,21-14+/t25-/m0/s1. The largest absolute Gasteiger partial charge is 0.465 e. The molecule has 0 spiro atoms. The number of allylic oxidation sites excluding steroid dienone is 2. The Labute approximate surface area is 229 Å². The van der Waals surface area contributed by atoms with Gasteiger partial charge < -0.3 is 20.1 Å². The van der Waals surface area contributed by atoms with E-state index in [2.05, 4.69) is 21.4 Å². The van der Waals surface area contributed by atoms with E-state index in [0.29, 0.717) is 11.6 Å². The van der Waals surface area contributed by atoms with E-state index in [4.69, 9.17) is 0 Å². The highest BCUT2D eigenvalue weighted by Crippen LogP contribution is 2.35. The maximum absolute atomic E-state index is 14.7. The zero-order valence-corrected chi connectivity index (χ0v) is 21.3. The number of nitrogens with one attached hydrogen (secondary N) is 2. The zero-order valence-electron chi connectivity index (χ0n) is 21.3. The van der Waals surface area contributed by atoms with Gasteiger partial charge in [-0.05, 0) is 34.9 Å². The minimum atomic E-state index is -4.90. The number of hydrogen-bond acceptors (Lipinski definition) is 4. The van der Waals surface area contributed by atoms with Gasteiger partial charge in [-0.1, -0.05) is 49.0 Å². The van der Waals surface area contributed by atoms with Gasteiger partial charge in [0.15, 0.2) is 0 Å². The minimum Gasteiger partial charge on any atom is -0.465 e. The molecule has 0 unspecified atom stereocenters. The molecule has 0 radical (unpaired) electrons. The van der Waals surface area contributed by atoms with E-state index in [1.807, 2.05) is 0 Å². The van der Waals surface area contributed by atoms with E-state index in [-0.39, 0.29) is 35.5 Å². The van der Waals surface area contributed by atoms with Crippen molar-refractivity contribution in [2.45, 2.75) is 30.7 Å². The molecule has 2 aromatic rings. The molecular formula is C27H24F8N2O4. The monoisotopic (exact) mass is 592 g/mol. The van der Waals surface area contributed by atoms with E-state index >= 15 is 0 Å². The second kappa shape index (κ2) is 13.8. The average molecular weight is 592 g/mol. The predicted octanol–water partition coefficient (Wildman–Crippen LogP) is 6.57. The van der Waals surface area contributed by atoms with Crippen LogP contribution >= 0.6 is 0 Å². The van der Waals surface area contributed by atoms with E-state index in [1.54, 1.807) is 35.6 Å². The van der Waals surface area contributed by atoms with Gasteiger partial charge in [0.25, 0.3) is 0 Å². The molecule has 0 fully saturated rings. The quantitative estimate of drug-likeness (QED) is 0.127. The molecule has 0 heterocycles. The van der Waals surface area contributed by atoms with Crippen molar-refractivity contribution in [2.24, 2.45) is 0 Å². The van der Waals surface area contributed by atoms with Crippen molar-refractivity contribution >= 4 is 12.0 Å². The lowest BCUT2D eigenvalue weighted by molar-refractivity contribution is -0.274. The van der Waals surface area contributed by atoms with Gasteiger partial charge in [0.05, 0.1) is 24.5 Å². The third-order valence-corrected chi connectivity index (χ3v) is 5.45. The van der Waals surface area contributed by atoms with Crippen molar-refractivity contribution in [3.63, 3.8) is 0 Å². The number of urea groups is 1.